The first kappa shape index (κ1) is 20.9. The fourth-order valence-corrected chi connectivity index (χ4v) is 2.86. The van der Waals surface area contributed by atoms with Crippen LogP contribution < -0.4 is 20.8 Å². The number of benzene rings is 2. The van der Waals surface area contributed by atoms with Gasteiger partial charge in [0.05, 0.1) is 6.20 Å². The summed E-state index contributed by atoms with van der Waals surface area (Å²) in [4.78, 5) is 35.8. The first-order valence-corrected chi connectivity index (χ1v) is 9.46. The smallest absolute Gasteiger partial charge is 0.244 e. The first-order valence-electron chi connectivity index (χ1n) is 9.46. The molecule has 2 N–H and O–H groups in total. The standard InChI is InChI=1S/C23H23N3O4/c1-16-12-21(28)22(30-15-18-6-4-3-5-7-18)13-26(16)14-23(29)25-20-10-8-19(9-11-20)24-17(2)27/h3-13H,14-15H2,1-2H3,(H,24,27)(H,25,29). The maximum Gasteiger partial charge on any atom is 0.244 e. The lowest BCUT2D eigenvalue weighted by Gasteiger charge is -2.14. The molecule has 0 bridgehead atoms. The number of ether oxygens (including phenoxy) is 1. The van der Waals surface area contributed by atoms with Gasteiger partial charge in [0.1, 0.15) is 13.2 Å². The third-order valence-electron chi connectivity index (χ3n) is 4.35. The van der Waals surface area contributed by atoms with E-state index in [4.69, 9.17) is 4.74 Å². The molecule has 3 rings (SSSR count). The summed E-state index contributed by atoms with van der Waals surface area (Å²) in [6, 6.07) is 17.8. The lowest BCUT2D eigenvalue weighted by atomic mass is 10.2. The van der Waals surface area contributed by atoms with Crippen LogP contribution in [0.25, 0.3) is 0 Å². The third kappa shape index (κ3) is 5.81. The molecule has 0 aliphatic rings. The molecule has 154 valence electrons. The zero-order chi connectivity index (χ0) is 21.5. The Morgan fingerprint density at radius 1 is 0.967 bits per heavy atom. The quantitative estimate of drug-likeness (QED) is 0.631. The monoisotopic (exact) mass is 405 g/mol. The van der Waals surface area contributed by atoms with Crippen molar-refractivity contribution in [2.45, 2.75) is 27.0 Å². The van der Waals surface area contributed by atoms with E-state index in [0.29, 0.717) is 17.1 Å². The number of pyridine rings is 1. The molecule has 0 saturated carbocycles. The van der Waals surface area contributed by atoms with E-state index < -0.39 is 0 Å². The molecule has 0 fully saturated rings. The molecular formula is C23H23N3O4. The molecule has 3 aromatic rings. The molecule has 2 amide bonds. The van der Waals surface area contributed by atoms with Crippen LogP contribution in [0.15, 0.2) is 71.7 Å². The number of carbonyl (C=O) groups is 2. The lowest BCUT2D eigenvalue weighted by molar-refractivity contribution is -0.117. The Bertz CT molecular complexity index is 1090. The second kappa shape index (κ2) is 9.56. The van der Waals surface area contributed by atoms with Gasteiger partial charge < -0.3 is 19.9 Å². The van der Waals surface area contributed by atoms with Crippen LogP contribution in [0.2, 0.25) is 0 Å². The maximum absolute atomic E-state index is 12.5. The van der Waals surface area contributed by atoms with Gasteiger partial charge in [-0.25, -0.2) is 0 Å². The minimum Gasteiger partial charge on any atom is -0.483 e. The molecule has 7 nitrogen and oxygen atoms in total. The van der Waals surface area contributed by atoms with Crippen molar-refractivity contribution in [2.75, 3.05) is 10.6 Å². The summed E-state index contributed by atoms with van der Waals surface area (Å²) < 4.78 is 7.33. The molecule has 0 unspecified atom stereocenters. The van der Waals surface area contributed by atoms with Crippen LogP contribution in [0.5, 0.6) is 5.75 Å². The van der Waals surface area contributed by atoms with Gasteiger partial charge in [0.25, 0.3) is 0 Å². The Kier molecular flexibility index (Phi) is 6.64. The molecule has 1 aromatic heterocycles. The molecule has 0 aliphatic carbocycles. The average Bonchev–Trinajstić information content (AvgIpc) is 2.71. The Labute approximate surface area is 174 Å². The van der Waals surface area contributed by atoms with Crippen molar-refractivity contribution in [3.8, 4) is 5.75 Å². The molecule has 1 heterocycles. The highest BCUT2D eigenvalue weighted by Crippen LogP contribution is 2.14. The van der Waals surface area contributed by atoms with Crippen LogP contribution in [-0.2, 0) is 22.7 Å². The Morgan fingerprint density at radius 3 is 2.23 bits per heavy atom. The van der Waals surface area contributed by atoms with Gasteiger partial charge in [0.2, 0.25) is 17.2 Å². The van der Waals surface area contributed by atoms with E-state index in [-0.39, 0.29) is 36.1 Å². The van der Waals surface area contributed by atoms with Crippen LogP contribution >= 0.6 is 0 Å². The van der Waals surface area contributed by atoms with Gasteiger partial charge in [-0.2, -0.15) is 0 Å². The van der Waals surface area contributed by atoms with Crippen LogP contribution in [-0.4, -0.2) is 16.4 Å². The number of hydrogen-bond donors (Lipinski definition) is 2. The Balaban J connectivity index is 1.65. The summed E-state index contributed by atoms with van der Waals surface area (Å²) in [6.45, 7) is 3.49. The molecule has 0 atom stereocenters. The number of hydrogen-bond acceptors (Lipinski definition) is 4. The van der Waals surface area contributed by atoms with Crippen molar-refractivity contribution >= 4 is 23.2 Å². The predicted octanol–water partition coefficient (Wildman–Crippen LogP) is 3.33. The summed E-state index contributed by atoms with van der Waals surface area (Å²) in [5.41, 5.74) is 2.63. The average molecular weight is 405 g/mol. The molecule has 0 radical (unpaired) electrons. The molecule has 7 heteroatoms. The number of aryl methyl sites for hydroxylation is 1. The Hall–Kier alpha value is -3.87. The third-order valence-corrected chi connectivity index (χ3v) is 4.35. The van der Waals surface area contributed by atoms with Crippen molar-refractivity contribution < 1.29 is 14.3 Å². The number of rotatable bonds is 7. The van der Waals surface area contributed by atoms with E-state index in [1.165, 1.54) is 13.0 Å². The number of nitrogens with zero attached hydrogens (tertiary/aromatic N) is 1. The second-order valence-electron chi connectivity index (χ2n) is 6.85. The highest BCUT2D eigenvalue weighted by Gasteiger charge is 2.10. The van der Waals surface area contributed by atoms with Crippen LogP contribution in [0.1, 0.15) is 18.2 Å². The van der Waals surface area contributed by atoms with E-state index in [0.717, 1.165) is 5.56 Å². The summed E-state index contributed by atoms with van der Waals surface area (Å²) in [7, 11) is 0. The number of aromatic nitrogens is 1. The molecule has 0 spiro atoms. The van der Waals surface area contributed by atoms with Crippen LogP contribution in [0, 0.1) is 6.92 Å². The van der Waals surface area contributed by atoms with Crippen molar-refractivity contribution in [1.82, 2.24) is 4.57 Å². The predicted molar refractivity (Wildman–Crippen MR) is 116 cm³/mol. The van der Waals surface area contributed by atoms with E-state index in [1.54, 1.807) is 42.0 Å². The fourth-order valence-electron chi connectivity index (χ4n) is 2.86. The number of anilines is 2. The molecule has 0 saturated heterocycles. The van der Waals surface area contributed by atoms with E-state index in [9.17, 15) is 14.4 Å². The normalized spacial score (nSPS) is 10.3. The van der Waals surface area contributed by atoms with Crippen LogP contribution in [0.3, 0.4) is 0 Å². The lowest BCUT2D eigenvalue weighted by Crippen LogP contribution is -2.22. The molecule has 30 heavy (non-hydrogen) atoms. The van der Waals surface area contributed by atoms with Gasteiger partial charge in [-0.05, 0) is 36.8 Å². The fraction of sp³-hybridized carbons (Fsp3) is 0.174. The maximum atomic E-state index is 12.5. The van der Waals surface area contributed by atoms with Gasteiger partial charge in [-0.15, -0.1) is 0 Å². The van der Waals surface area contributed by atoms with Crippen molar-refractivity contribution in [3.63, 3.8) is 0 Å². The van der Waals surface area contributed by atoms with Gasteiger partial charge in [0, 0.05) is 30.1 Å². The van der Waals surface area contributed by atoms with Crippen LogP contribution in [0.4, 0.5) is 11.4 Å². The SMILES string of the molecule is CC(=O)Nc1ccc(NC(=O)Cn2cc(OCc3ccccc3)c(=O)cc2C)cc1. The topological polar surface area (TPSA) is 89.4 Å². The molecular weight excluding hydrogens is 382 g/mol. The summed E-state index contributed by atoms with van der Waals surface area (Å²) in [5, 5.41) is 5.47. The van der Waals surface area contributed by atoms with Gasteiger partial charge in [-0.1, -0.05) is 30.3 Å². The van der Waals surface area contributed by atoms with Gasteiger partial charge >= 0.3 is 0 Å². The minimum absolute atomic E-state index is 0.0290. The number of nitrogens with one attached hydrogen (secondary N) is 2. The minimum atomic E-state index is -0.247. The molecule has 0 aliphatic heterocycles. The highest BCUT2D eigenvalue weighted by atomic mass is 16.5. The van der Waals surface area contributed by atoms with Gasteiger partial charge in [0.15, 0.2) is 5.75 Å². The van der Waals surface area contributed by atoms with E-state index in [1.807, 2.05) is 30.3 Å². The second-order valence-corrected chi connectivity index (χ2v) is 6.85. The zero-order valence-corrected chi connectivity index (χ0v) is 16.8. The van der Waals surface area contributed by atoms with Gasteiger partial charge in [-0.3, -0.25) is 14.4 Å². The largest absolute Gasteiger partial charge is 0.483 e. The first-order chi connectivity index (χ1) is 14.4. The molecule has 2 aromatic carbocycles. The highest BCUT2D eigenvalue weighted by molar-refractivity contribution is 5.92. The zero-order valence-electron chi connectivity index (χ0n) is 16.8. The number of carbonyl (C=O) groups excluding carboxylic acids is 2. The Morgan fingerprint density at radius 2 is 1.60 bits per heavy atom. The summed E-state index contributed by atoms with van der Waals surface area (Å²) >= 11 is 0. The summed E-state index contributed by atoms with van der Waals surface area (Å²) in [6.07, 6.45) is 1.56. The van der Waals surface area contributed by atoms with E-state index in [2.05, 4.69) is 10.6 Å². The van der Waals surface area contributed by atoms with Crippen molar-refractivity contribution in [2.24, 2.45) is 0 Å². The number of amides is 2. The van der Waals surface area contributed by atoms with Crippen molar-refractivity contribution in [3.05, 3.63) is 88.3 Å². The summed E-state index contributed by atoms with van der Waals surface area (Å²) in [5.74, 6) is -0.217. The van der Waals surface area contributed by atoms with Crippen molar-refractivity contribution in [1.29, 1.82) is 0 Å². The van der Waals surface area contributed by atoms with E-state index >= 15 is 0 Å².